The summed E-state index contributed by atoms with van der Waals surface area (Å²) in [6, 6.07) is 11.5. The van der Waals surface area contributed by atoms with E-state index in [0.717, 1.165) is 9.13 Å². The number of rotatable bonds is 7. The lowest BCUT2D eigenvalue weighted by Gasteiger charge is -2.14. The normalized spacial score (nSPS) is 15.0. The molecule has 2 amide bonds. The first-order valence-electron chi connectivity index (χ1n) is 8.81. The van der Waals surface area contributed by atoms with Gasteiger partial charge in [-0.25, -0.2) is 0 Å². The Morgan fingerprint density at radius 3 is 2.57 bits per heavy atom. The number of nitrogens with zero attached hydrogens (tertiary/aromatic N) is 1. The van der Waals surface area contributed by atoms with Crippen molar-refractivity contribution in [1.82, 2.24) is 4.90 Å². The highest BCUT2D eigenvalue weighted by atomic mass is 127. The molecule has 1 heterocycles. The van der Waals surface area contributed by atoms with Crippen molar-refractivity contribution in [2.75, 3.05) is 13.7 Å². The summed E-state index contributed by atoms with van der Waals surface area (Å²) in [4.78, 5) is 36.0. The van der Waals surface area contributed by atoms with Crippen LogP contribution in [0.3, 0.4) is 0 Å². The van der Waals surface area contributed by atoms with Gasteiger partial charge in [0.1, 0.15) is 13.2 Å². The lowest BCUT2D eigenvalue weighted by atomic mass is 10.1. The highest BCUT2D eigenvalue weighted by Crippen LogP contribution is 2.37. The van der Waals surface area contributed by atoms with Crippen LogP contribution in [0.2, 0.25) is 0 Å². The molecule has 0 saturated carbocycles. The van der Waals surface area contributed by atoms with E-state index in [2.05, 4.69) is 22.6 Å². The van der Waals surface area contributed by atoms with Crippen molar-refractivity contribution in [1.29, 1.82) is 0 Å². The van der Waals surface area contributed by atoms with Gasteiger partial charge in [0.2, 0.25) is 0 Å². The van der Waals surface area contributed by atoms with Crippen molar-refractivity contribution in [3.8, 4) is 11.5 Å². The van der Waals surface area contributed by atoms with E-state index in [9.17, 15) is 14.4 Å². The summed E-state index contributed by atoms with van der Waals surface area (Å²) < 4.78 is 12.2. The van der Waals surface area contributed by atoms with Gasteiger partial charge in [-0.1, -0.05) is 29.8 Å². The van der Waals surface area contributed by atoms with E-state index in [1.165, 1.54) is 12.7 Å². The topological polar surface area (TPSA) is 93.1 Å². The quantitative estimate of drug-likeness (QED) is 0.414. The summed E-state index contributed by atoms with van der Waals surface area (Å²) in [6.45, 7) is 1.74. The van der Waals surface area contributed by atoms with Gasteiger partial charge in [0, 0.05) is 0 Å². The van der Waals surface area contributed by atoms with Gasteiger partial charge in [-0.05, 0) is 70.6 Å². The van der Waals surface area contributed by atoms with E-state index >= 15 is 0 Å². The Bertz CT molecular complexity index is 1030. The molecule has 2 aromatic carbocycles. The van der Waals surface area contributed by atoms with Gasteiger partial charge < -0.3 is 14.6 Å². The highest BCUT2D eigenvalue weighted by Gasteiger charge is 2.36. The zero-order chi connectivity index (χ0) is 21.8. The third-order valence-corrected chi connectivity index (χ3v) is 5.93. The van der Waals surface area contributed by atoms with Gasteiger partial charge in [-0.3, -0.25) is 19.3 Å². The van der Waals surface area contributed by atoms with Crippen LogP contribution in [0.15, 0.2) is 41.3 Å². The second-order valence-corrected chi connectivity index (χ2v) is 8.63. The van der Waals surface area contributed by atoms with Crippen LogP contribution in [0, 0.1) is 10.5 Å². The molecule has 0 aromatic heterocycles. The smallest absolute Gasteiger partial charge is 0.323 e. The predicted molar refractivity (Wildman–Crippen MR) is 122 cm³/mol. The number of hydrogen-bond donors (Lipinski definition) is 1. The standard InChI is InChI=1S/C21H18INO6S/c1-12-3-5-13(6-4-12)11-29-19-15(22)7-14(8-16(19)28-2)9-17-20(26)23(10-18(24)25)21(27)30-17/h3-9H,10-11H2,1-2H3,(H,24,25)/b17-9+. The minimum Gasteiger partial charge on any atom is -0.493 e. The number of carbonyl (C=O) groups excluding carboxylic acids is 2. The van der Waals surface area contributed by atoms with Crippen LogP contribution < -0.4 is 9.47 Å². The number of thioether (sulfide) groups is 1. The molecule has 156 valence electrons. The fourth-order valence-electron chi connectivity index (χ4n) is 2.73. The first-order valence-corrected chi connectivity index (χ1v) is 10.7. The third-order valence-electron chi connectivity index (χ3n) is 4.22. The van der Waals surface area contributed by atoms with E-state index in [1.807, 2.05) is 31.2 Å². The molecule has 1 aliphatic heterocycles. The summed E-state index contributed by atoms with van der Waals surface area (Å²) in [7, 11) is 1.52. The molecule has 3 rings (SSSR count). The zero-order valence-electron chi connectivity index (χ0n) is 16.2. The number of hydrogen-bond acceptors (Lipinski definition) is 6. The fraction of sp³-hybridized carbons (Fsp3) is 0.190. The lowest BCUT2D eigenvalue weighted by molar-refractivity contribution is -0.140. The Morgan fingerprint density at radius 1 is 1.23 bits per heavy atom. The number of halogens is 1. The van der Waals surface area contributed by atoms with Crippen LogP contribution in [0.5, 0.6) is 11.5 Å². The van der Waals surface area contributed by atoms with Crippen molar-refractivity contribution in [2.24, 2.45) is 0 Å². The molecule has 7 nitrogen and oxygen atoms in total. The first kappa shape index (κ1) is 22.2. The van der Waals surface area contributed by atoms with Gasteiger partial charge in [-0.15, -0.1) is 0 Å². The zero-order valence-corrected chi connectivity index (χ0v) is 19.2. The van der Waals surface area contributed by atoms with Crippen molar-refractivity contribution in [2.45, 2.75) is 13.5 Å². The van der Waals surface area contributed by atoms with E-state index < -0.39 is 23.7 Å². The third kappa shape index (κ3) is 5.14. The van der Waals surface area contributed by atoms with Gasteiger partial charge in [0.05, 0.1) is 15.6 Å². The second kappa shape index (κ2) is 9.52. The van der Waals surface area contributed by atoms with Crippen LogP contribution in [-0.4, -0.2) is 40.8 Å². The van der Waals surface area contributed by atoms with E-state index in [4.69, 9.17) is 14.6 Å². The molecule has 1 saturated heterocycles. The van der Waals surface area contributed by atoms with Crippen molar-refractivity contribution in [3.63, 3.8) is 0 Å². The first-order chi connectivity index (χ1) is 14.3. The number of carboxylic acids is 1. The number of ether oxygens (including phenoxy) is 2. The average molecular weight is 539 g/mol. The van der Waals surface area contributed by atoms with Crippen molar-refractivity contribution >= 4 is 57.5 Å². The van der Waals surface area contributed by atoms with Crippen LogP contribution in [0.1, 0.15) is 16.7 Å². The van der Waals surface area contributed by atoms with Crippen molar-refractivity contribution in [3.05, 3.63) is 61.6 Å². The number of aliphatic carboxylic acids is 1. The summed E-state index contributed by atoms with van der Waals surface area (Å²) in [5, 5.41) is 8.26. The number of imide groups is 1. The molecule has 0 atom stereocenters. The molecule has 0 unspecified atom stereocenters. The van der Waals surface area contributed by atoms with Crippen molar-refractivity contribution < 1.29 is 29.0 Å². The number of aryl methyl sites for hydroxylation is 1. The van der Waals surface area contributed by atoms with E-state index in [1.54, 1.807) is 18.2 Å². The molecule has 0 radical (unpaired) electrons. The molecular weight excluding hydrogens is 521 g/mol. The highest BCUT2D eigenvalue weighted by molar-refractivity contribution is 14.1. The second-order valence-electron chi connectivity index (χ2n) is 6.47. The molecule has 0 bridgehead atoms. The van der Waals surface area contributed by atoms with E-state index in [0.29, 0.717) is 40.3 Å². The van der Waals surface area contributed by atoms with Gasteiger partial charge in [0.15, 0.2) is 11.5 Å². The Hall–Kier alpha value is -2.53. The largest absolute Gasteiger partial charge is 0.493 e. The van der Waals surface area contributed by atoms with Gasteiger partial charge in [0.25, 0.3) is 11.1 Å². The molecule has 2 aromatic rings. The predicted octanol–water partition coefficient (Wildman–Crippen LogP) is 4.31. The van der Waals surface area contributed by atoms with Crippen LogP contribution in [-0.2, 0) is 16.2 Å². The van der Waals surface area contributed by atoms with Gasteiger partial charge >= 0.3 is 5.97 Å². The monoisotopic (exact) mass is 539 g/mol. The summed E-state index contributed by atoms with van der Waals surface area (Å²) in [5.41, 5.74) is 2.83. The maximum Gasteiger partial charge on any atom is 0.323 e. The SMILES string of the molecule is COc1cc(/C=C2/SC(=O)N(CC(=O)O)C2=O)cc(I)c1OCc1ccc(C)cc1. The lowest BCUT2D eigenvalue weighted by Crippen LogP contribution is -2.33. The minimum absolute atomic E-state index is 0.160. The molecule has 9 heteroatoms. The number of methoxy groups -OCH3 is 1. The average Bonchev–Trinajstić information content (AvgIpc) is 2.95. The number of carboxylic acid groups (broad SMARTS) is 1. The Balaban J connectivity index is 1.82. The number of benzene rings is 2. The Labute approximate surface area is 191 Å². The number of amides is 2. The Kier molecular flexibility index (Phi) is 7.03. The number of carbonyl (C=O) groups is 3. The summed E-state index contributed by atoms with van der Waals surface area (Å²) in [5.74, 6) is -0.800. The van der Waals surface area contributed by atoms with Crippen LogP contribution >= 0.6 is 34.4 Å². The maximum absolute atomic E-state index is 12.3. The Morgan fingerprint density at radius 2 is 1.93 bits per heavy atom. The summed E-state index contributed by atoms with van der Waals surface area (Å²) in [6.07, 6.45) is 1.54. The molecule has 0 aliphatic carbocycles. The van der Waals surface area contributed by atoms with E-state index in [-0.39, 0.29) is 4.91 Å². The molecular formula is C21H18INO6S. The molecule has 1 aliphatic rings. The maximum atomic E-state index is 12.3. The molecule has 30 heavy (non-hydrogen) atoms. The minimum atomic E-state index is -1.25. The summed E-state index contributed by atoms with van der Waals surface area (Å²) >= 11 is 2.83. The molecule has 0 spiro atoms. The van der Waals surface area contributed by atoms with Crippen LogP contribution in [0.4, 0.5) is 4.79 Å². The molecule has 1 fully saturated rings. The van der Waals surface area contributed by atoms with Gasteiger partial charge in [-0.2, -0.15) is 0 Å². The molecule has 1 N–H and O–H groups in total. The van der Waals surface area contributed by atoms with Crippen LogP contribution in [0.25, 0.3) is 6.08 Å². The fourth-order valence-corrected chi connectivity index (χ4v) is 4.35.